The van der Waals surface area contributed by atoms with E-state index in [4.69, 9.17) is 14.9 Å². The van der Waals surface area contributed by atoms with Crippen molar-refractivity contribution >= 4 is 5.90 Å². The smallest absolute Gasteiger partial charge is 0.217 e. The first-order chi connectivity index (χ1) is 15.6. The Kier molecular flexibility index (Phi) is 5.30. The van der Waals surface area contributed by atoms with Gasteiger partial charge < -0.3 is 9.47 Å². The SMILES string of the molecule is N#CC1(C#N)C(C2CC3C=CC2C3)OC23CCCCCCCCCCC2C1(C#N)C(=N)O3. The number of nitriles is 3. The number of nitrogens with one attached hydrogen (secondary N) is 1. The molecule has 2 heterocycles. The van der Waals surface area contributed by atoms with E-state index in [1.165, 1.54) is 19.3 Å². The Bertz CT molecular complexity index is 925. The van der Waals surface area contributed by atoms with Gasteiger partial charge in [-0.1, -0.05) is 57.1 Å². The molecule has 168 valence electrons. The average molecular weight is 433 g/mol. The largest absolute Gasteiger partial charge is 0.447 e. The number of allylic oxidation sites excluding steroid dienone is 2. The fourth-order valence-electron chi connectivity index (χ4n) is 7.53. The molecule has 0 amide bonds. The van der Waals surface area contributed by atoms with Gasteiger partial charge in [0.15, 0.2) is 10.8 Å². The van der Waals surface area contributed by atoms with Crippen molar-refractivity contribution in [2.24, 2.45) is 34.5 Å². The van der Waals surface area contributed by atoms with E-state index in [0.717, 1.165) is 44.9 Å². The highest BCUT2D eigenvalue weighted by Gasteiger charge is 2.80. The summed E-state index contributed by atoms with van der Waals surface area (Å²) in [5.41, 5.74) is -3.31. The molecule has 0 aromatic carbocycles. The second kappa shape index (κ2) is 7.90. The van der Waals surface area contributed by atoms with Crippen molar-refractivity contribution in [3.8, 4) is 18.2 Å². The number of ether oxygens (including phenoxy) is 2. The number of fused-ring (bicyclic) bond motifs is 2. The van der Waals surface area contributed by atoms with Crippen LogP contribution in [0, 0.1) is 73.9 Å². The molecule has 0 aromatic heterocycles. The molecule has 4 fully saturated rings. The van der Waals surface area contributed by atoms with Crippen LogP contribution >= 0.6 is 0 Å². The van der Waals surface area contributed by atoms with Crippen LogP contribution in [-0.2, 0) is 9.47 Å². The first kappa shape index (κ1) is 21.5. The Morgan fingerprint density at radius 3 is 2.16 bits per heavy atom. The maximum atomic E-state index is 10.6. The van der Waals surface area contributed by atoms with Gasteiger partial charge in [0.25, 0.3) is 0 Å². The molecule has 5 rings (SSSR count). The van der Waals surface area contributed by atoms with Gasteiger partial charge in [0.2, 0.25) is 11.7 Å². The van der Waals surface area contributed by atoms with Crippen LogP contribution < -0.4 is 0 Å². The van der Waals surface area contributed by atoms with Crippen LogP contribution in [0.4, 0.5) is 0 Å². The van der Waals surface area contributed by atoms with E-state index in [0.29, 0.717) is 18.8 Å². The van der Waals surface area contributed by atoms with Crippen molar-refractivity contribution in [2.45, 2.75) is 88.9 Å². The van der Waals surface area contributed by atoms with Crippen molar-refractivity contribution in [1.82, 2.24) is 0 Å². The van der Waals surface area contributed by atoms with Crippen molar-refractivity contribution in [3.05, 3.63) is 12.2 Å². The summed E-state index contributed by atoms with van der Waals surface area (Å²) in [6, 6.07) is 6.89. The maximum absolute atomic E-state index is 10.6. The van der Waals surface area contributed by atoms with Crippen LogP contribution in [0.5, 0.6) is 0 Å². The number of rotatable bonds is 1. The number of hydrogen-bond donors (Lipinski definition) is 1. The molecule has 7 atom stereocenters. The van der Waals surface area contributed by atoms with Crippen LogP contribution in [0.25, 0.3) is 0 Å². The Balaban J connectivity index is 1.62. The second-order valence-electron chi connectivity index (χ2n) is 10.6. The van der Waals surface area contributed by atoms with Gasteiger partial charge in [-0.3, -0.25) is 5.41 Å². The van der Waals surface area contributed by atoms with Crippen molar-refractivity contribution in [2.75, 3.05) is 0 Å². The quantitative estimate of drug-likeness (QED) is 0.559. The molecule has 0 radical (unpaired) electrons. The van der Waals surface area contributed by atoms with Crippen LogP contribution in [0.2, 0.25) is 0 Å². The standard InChI is InChI=1S/C26H32N4O2/c27-15-24(16-28)22(20-14-18-10-11-19(20)13-18)31-26-12-8-6-4-2-1-3-5-7-9-21(26)25(24,17-29)23(30)32-26/h10-11,18-22,30H,1-9,12-14H2. The zero-order chi connectivity index (χ0) is 22.4. The van der Waals surface area contributed by atoms with Gasteiger partial charge in [-0.15, -0.1) is 0 Å². The molecular formula is C26H32N4O2. The summed E-state index contributed by atoms with van der Waals surface area (Å²) >= 11 is 0. The highest BCUT2D eigenvalue weighted by molar-refractivity contribution is 5.89. The summed E-state index contributed by atoms with van der Waals surface area (Å²) in [5, 5.41) is 40.4. The molecule has 1 N–H and O–H groups in total. The number of hydrogen-bond acceptors (Lipinski definition) is 6. The van der Waals surface area contributed by atoms with Gasteiger partial charge >= 0.3 is 0 Å². The van der Waals surface area contributed by atoms with Crippen LogP contribution in [0.15, 0.2) is 12.2 Å². The van der Waals surface area contributed by atoms with Gasteiger partial charge in [0.05, 0.1) is 30.2 Å². The van der Waals surface area contributed by atoms with Crippen LogP contribution in [-0.4, -0.2) is 17.8 Å². The Labute approximate surface area is 190 Å². The molecular weight excluding hydrogens is 400 g/mol. The third-order valence-electron chi connectivity index (χ3n) is 9.08. The third-order valence-corrected chi connectivity index (χ3v) is 9.08. The predicted octanol–water partition coefficient (Wildman–Crippen LogP) is 5.38. The monoisotopic (exact) mass is 432 g/mol. The summed E-state index contributed by atoms with van der Waals surface area (Å²) in [6.07, 6.45) is 15.5. The van der Waals surface area contributed by atoms with Crippen LogP contribution in [0.3, 0.4) is 0 Å². The second-order valence-corrected chi connectivity index (χ2v) is 10.6. The Morgan fingerprint density at radius 1 is 0.875 bits per heavy atom. The lowest BCUT2D eigenvalue weighted by Gasteiger charge is -2.52. The minimum Gasteiger partial charge on any atom is -0.447 e. The van der Waals surface area contributed by atoms with E-state index in [1.54, 1.807) is 0 Å². The first-order valence-corrected chi connectivity index (χ1v) is 12.4. The van der Waals surface area contributed by atoms with E-state index in [2.05, 4.69) is 30.4 Å². The normalized spacial score (nSPS) is 44.8. The minimum atomic E-state index is -1.73. The van der Waals surface area contributed by atoms with Gasteiger partial charge in [-0.05, 0) is 43.4 Å². The molecule has 6 heteroatoms. The fourth-order valence-corrected chi connectivity index (χ4v) is 7.53. The third kappa shape index (κ3) is 2.74. The van der Waals surface area contributed by atoms with E-state index in [1.807, 2.05) is 0 Å². The molecule has 32 heavy (non-hydrogen) atoms. The van der Waals surface area contributed by atoms with E-state index >= 15 is 0 Å². The summed E-state index contributed by atoms with van der Waals surface area (Å²) in [5.74, 6) is -1.04. The predicted molar refractivity (Wildman–Crippen MR) is 117 cm³/mol. The molecule has 6 nitrogen and oxygen atoms in total. The highest BCUT2D eigenvalue weighted by Crippen LogP contribution is 2.67. The molecule has 0 spiro atoms. The number of nitrogens with zero attached hydrogens (tertiary/aromatic N) is 3. The molecule has 0 aromatic rings. The zero-order valence-electron chi connectivity index (χ0n) is 18.7. The Morgan fingerprint density at radius 2 is 1.56 bits per heavy atom. The average Bonchev–Trinajstić information content (AvgIpc) is 3.47. The van der Waals surface area contributed by atoms with Crippen molar-refractivity contribution < 1.29 is 9.47 Å². The lowest BCUT2D eigenvalue weighted by Crippen LogP contribution is -2.64. The summed E-state index contributed by atoms with van der Waals surface area (Å²) in [6.45, 7) is 0. The molecule has 5 aliphatic rings. The first-order valence-electron chi connectivity index (χ1n) is 12.4. The van der Waals surface area contributed by atoms with E-state index < -0.39 is 28.6 Å². The van der Waals surface area contributed by atoms with Gasteiger partial charge in [0, 0.05) is 6.42 Å². The summed E-state index contributed by atoms with van der Waals surface area (Å²) in [4.78, 5) is 0. The Hall–Kier alpha value is -2.36. The van der Waals surface area contributed by atoms with Crippen molar-refractivity contribution in [1.29, 1.82) is 21.2 Å². The highest BCUT2D eigenvalue weighted by atomic mass is 16.7. The van der Waals surface area contributed by atoms with Gasteiger partial charge in [0.1, 0.15) is 0 Å². The minimum absolute atomic E-state index is 0.00531. The summed E-state index contributed by atoms with van der Waals surface area (Å²) < 4.78 is 13.0. The summed E-state index contributed by atoms with van der Waals surface area (Å²) in [7, 11) is 0. The maximum Gasteiger partial charge on any atom is 0.217 e. The molecule has 3 aliphatic carbocycles. The van der Waals surface area contributed by atoms with Gasteiger partial charge in [-0.2, -0.15) is 15.8 Å². The zero-order valence-corrected chi connectivity index (χ0v) is 18.7. The molecule has 2 aliphatic heterocycles. The lowest BCUT2D eigenvalue weighted by molar-refractivity contribution is -0.296. The van der Waals surface area contributed by atoms with Gasteiger partial charge in [-0.25, -0.2) is 0 Å². The molecule has 7 unspecified atom stereocenters. The molecule has 2 saturated heterocycles. The van der Waals surface area contributed by atoms with E-state index in [-0.39, 0.29) is 17.7 Å². The van der Waals surface area contributed by atoms with Crippen LogP contribution in [0.1, 0.15) is 77.0 Å². The van der Waals surface area contributed by atoms with Crippen molar-refractivity contribution in [3.63, 3.8) is 0 Å². The fraction of sp³-hybridized carbons (Fsp3) is 0.769. The van der Waals surface area contributed by atoms with E-state index in [9.17, 15) is 15.8 Å². The molecule has 4 bridgehead atoms. The molecule has 2 saturated carbocycles. The lowest BCUT2D eigenvalue weighted by atomic mass is 9.51. The topological polar surface area (TPSA) is 114 Å².